The molecule has 2 unspecified atom stereocenters. The number of hydrogen-bond acceptors (Lipinski definition) is 2. The molecule has 3 heteroatoms. The Labute approximate surface area is 110 Å². The third-order valence-electron chi connectivity index (χ3n) is 5.03. The van der Waals surface area contributed by atoms with Gasteiger partial charge in [0.25, 0.3) is 0 Å². The monoisotopic (exact) mass is 250 g/mol. The van der Waals surface area contributed by atoms with E-state index in [1.54, 1.807) is 0 Å². The molecule has 2 atom stereocenters. The van der Waals surface area contributed by atoms with Crippen LogP contribution in [0.4, 0.5) is 0 Å². The normalized spacial score (nSPS) is 34.6. The molecule has 3 rings (SSSR count). The minimum atomic E-state index is 0.377. The van der Waals surface area contributed by atoms with Crippen molar-refractivity contribution < 1.29 is 4.79 Å². The van der Waals surface area contributed by atoms with Crippen LogP contribution in [0.1, 0.15) is 51.4 Å². The van der Waals surface area contributed by atoms with E-state index in [9.17, 15) is 4.79 Å². The quantitative estimate of drug-likeness (QED) is 0.811. The van der Waals surface area contributed by atoms with E-state index in [2.05, 4.69) is 5.32 Å². The van der Waals surface area contributed by atoms with Gasteiger partial charge in [-0.15, -0.1) is 0 Å². The Morgan fingerprint density at radius 3 is 2.39 bits per heavy atom. The first-order valence-corrected chi connectivity index (χ1v) is 7.70. The summed E-state index contributed by atoms with van der Waals surface area (Å²) in [5.74, 6) is 1.94. The maximum atomic E-state index is 12.2. The molecule has 3 aliphatic rings. The van der Waals surface area contributed by atoms with Crippen LogP contribution >= 0.6 is 0 Å². The number of fused-ring (bicyclic) bond motifs is 2. The lowest BCUT2D eigenvalue weighted by molar-refractivity contribution is -0.131. The van der Waals surface area contributed by atoms with Gasteiger partial charge in [0.05, 0.1) is 0 Å². The molecule has 1 saturated carbocycles. The molecule has 3 fully saturated rings. The molecule has 0 spiro atoms. The van der Waals surface area contributed by atoms with Crippen molar-refractivity contribution in [3.63, 3.8) is 0 Å². The number of nitrogens with one attached hydrogen (secondary N) is 1. The summed E-state index contributed by atoms with van der Waals surface area (Å²) in [5, 5.41) is 3.65. The highest BCUT2D eigenvalue weighted by atomic mass is 16.2. The molecule has 2 aliphatic heterocycles. The summed E-state index contributed by atoms with van der Waals surface area (Å²) < 4.78 is 0. The Kier molecular flexibility index (Phi) is 3.60. The summed E-state index contributed by atoms with van der Waals surface area (Å²) in [6, 6.07) is 1.41. The van der Waals surface area contributed by atoms with E-state index >= 15 is 0 Å². The van der Waals surface area contributed by atoms with Crippen LogP contribution in [0.3, 0.4) is 0 Å². The largest absolute Gasteiger partial charge is 0.346 e. The van der Waals surface area contributed by atoms with Gasteiger partial charge in [-0.2, -0.15) is 0 Å². The van der Waals surface area contributed by atoms with E-state index in [1.165, 1.54) is 44.9 Å². The lowest BCUT2D eigenvalue weighted by Gasteiger charge is -2.30. The maximum Gasteiger partial charge on any atom is 0.222 e. The lowest BCUT2D eigenvalue weighted by Crippen LogP contribution is -2.40. The van der Waals surface area contributed by atoms with E-state index in [1.807, 2.05) is 11.9 Å². The van der Waals surface area contributed by atoms with Gasteiger partial charge in [0, 0.05) is 32.1 Å². The smallest absolute Gasteiger partial charge is 0.222 e. The topological polar surface area (TPSA) is 32.3 Å². The molecule has 102 valence electrons. The molecule has 18 heavy (non-hydrogen) atoms. The third-order valence-corrected chi connectivity index (χ3v) is 5.03. The van der Waals surface area contributed by atoms with E-state index in [0.29, 0.717) is 23.9 Å². The minimum Gasteiger partial charge on any atom is -0.346 e. The predicted molar refractivity (Wildman–Crippen MR) is 72.3 cm³/mol. The van der Waals surface area contributed by atoms with E-state index in [-0.39, 0.29) is 0 Å². The van der Waals surface area contributed by atoms with Gasteiger partial charge in [0.1, 0.15) is 0 Å². The highest BCUT2D eigenvalue weighted by Gasteiger charge is 2.34. The van der Waals surface area contributed by atoms with Gasteiger partial charge in [-0.25, -0.2) is 0 Å². The van der Waals surface area contributed by atoms with Crippen molar-refractivity contribution in [1.82, 2.24) is 10.2 Å². The molecule has 0 aromatic rings. The number of nitrogens with zero attached hydrogens (tertiary/aromatic N) is 1. The number of carbonyl (C=O) groups is 1. The number of carbonyl (C=O) groups excluding carboxylic acids is 1. The minimum absolute atomic E-state index is 0.377. The molecule has 1 N–H and O–H groups in total. The summed E-state index contributed by atoms with van der Waals surface area (Å²) in [4.78, 5) is 14.2. The van der Waals surface area contributed by atoms with Crippen molar-refractivity contribution in [3.8, 4) is 0 Å². The number of hydrogen-bond donors (Lipinski definition) is 1. The van der Waals surface area contributed by atoms with Crippen LogP contribution in [-0.4, -0.2) is 36.5 Å². The molecule has 2 saturated heterocycles. The van der Waals surface area contributed by atoms with Crippen LogP contribution in [0.15, 0.2) is 0 Å². The highest BCUT2D eigenvalue weighted by Crippen LogP contribution is 2.34. The Morgan fingerprint density at radius 1 is 1.11 bits per heavy atom. The molecular formula is C15H26N2O. The maximum absolute atomic E-state index is 12.2. The molecule has 0 aromatic carbocycles. The molecule has 0 radical (unpaired) electrons. The average molecular weight is 250 g/mol. The van der Waals surface area contributed by atoms with Crippen molar-refractivity contribution in [2.45, 2.75) is 63.5 Å². The first-order valence-electron chi connectivity index (χ1n) is 7.70. The summed E-state index contributed by atoms with van der Waals surface area (Å²) in [6.45, 7) is 0.974. The summed E-state index contributed by atoms with van der Waals surface area (Å²) in [6.07, 6.45) is 9.88. The Morgan fingerprint density at radius 2 is 1.78 bits per heavy atom. The van der Waals surface area contributed by atoms with Gasteiger partial charge in [0.15, 0.2) is 0 Å². The molecule has 2 heterocycles. The second kappa shape index (κ2) is 5.20. The Hall–Kier alpha value is -0.570. The lowest BCUT2D eigenvalue weighted by atomic mass is 9.89. The van der Waals surface area contributed by atoms with Gasteiger partial charge in [-0.1, -0.05) is 12.8 Å². The fourth-order valence-electron chi connectivity index (χ4n) is 3.65. The van der Waals surface area contributed by atoms with Crippen LogP contribution in [0.5, 0.6) is 0 Å². The number of rotatable bonds is 5. The van der Waals surface area contributed by atoms with Crippen molar-refractivity contribution >= 4 is 5.91 Å². The van der Waals surface area contributed by atoms with Gasteiger partial charge < -0.3 is 10.2 Å². The molecule has 0 aromatic heterocycles. The molecule has 1 aliphatic carbocycles. The van der Waals surface area contributed by atoms with Crippen LogP contribution in [-0.2, 0) is 4.79 Å². The number of amides is 1. The molecule has 3 nitrogen and oxygen atoms in total. The van der Waals surface area contributed by atoms with Crippen LogP contribution in [0, 0.1) is 11.8 Å². The van der Waals surface area contributed by atoms with Crippen LogP contribution < -0.4 is 5.32 Å². The van der Waals surface area contributed by atoms with E-state index in [4.69, 9.17) is 0 Å². The molecule has 1 amide bonds. The summed E-state index contributed by atoms with van der Waals surface area (Å²) in [7, 11) is 1.99. The van der Waals surface area contributed by atoms with Gasteiger partial charge in [-0.3, -0.25) is 4.79 Å². The fraction of sp³-hybridized carbons (Fsp3) is 0.933. The first-order chi connectivity index (χ1) is 8.70. The first kappa shape index (κ1) is 12.5. The highest BCUT2D eigenvalue weighted by molar-refractivity contribution is 5.76. The molecular weight excluding hydrogens is 224 g/mol. The van der Waals surface area contributed by atoms with Crippen molar-refractivity contribution in [3.05, 3.63) is 0 Å². The SMILES string of the molecule is CN(CCC1CC1)C(=O)CC1CC2CCC(C1)N2. The molecule has 2 bridgehead atoms. The summed E-state index contributed by atoms with van der Waals surface area (Å²) >= 11 is 0. The van der Waals surface area contributed by atoms with Crippen LogP contribution in [0.25, 0.3) is 0 Å². The van der Waals surface area contributed by atoms with Crippen molar-refractivity contribution in [2.75, 3.05) is 13.6 Å². The summed E-state index contributed by atoms with van der Waals surface area (Å²) in [5.41, 5.74) is 0. The predicted octanol–water partition coefficient (Wildman–Crippen LogP) is 2.17. The van der Waals surface area contributed by atoms with Gasteiger partial charge in [0.2, 0.25) is 5.91 Å². The zero-order valence-electron chi connectivity index (χ0n) is 11.5. The van der Waals surface area contributed by atoms with Gasteiger partial charge >= 0.3 is 0 Å². The second-order valence-corrected chi connectivity index (χ2v) is 6.73. The Bertz CT molecular complexity index is 302. The third kappa shape index (κ3) is 3.05. The average Bonchev–Trinajstić information content (AvgIpc) is 3.12. The Balaban J connectivity index is 1.42. The van der Waals surface area contributed by atoms with Gasteiger partial charge in [-0.05, 0) is 43.9 Å². The number of piperidine rings is 1. The van der Waals surface area contributed by atoms with Crippen molar-refractivity contribution in [1.29, 1.82) is 0 Å². The standard InChI is InChI=1S/C15H26N2O/c1-17(7-6-11-2-3-11)15(18)10-12-8-13-4-5-14(9-12)16-13/h11-14,16H,2-10H2,1H3. The fourth-order valence-corrected chi connectivity index (χ4v) is 3.65. The van der Waals surface area contributed by atoms with E-state index in [0.717, 1.165) is 18.9 Å². The van der Waals surface area contributed by atoms with Crippen molar-refractivity contribution in [2.24, 2.45) is 11.8 Å². The zero-order valence-corrected chi connectivity index (χ0v) is 11.5. The zero-order chi connectivity index (χ0) is 12.5. The second-order valence-electron chi connectivity index (χ2n) is 6.73. The van der Waals surface area contributed by atoms with Crippen LogP contribution in [0.2, 0.25) is 0 Å². The van der Waals surface area contributed by atoms with E-state index < -0.39 is 0 Å².